The third-order valence-corrected chi connectivity index (χ3v) is 3.22. The summed E-state index contributed by atoms with van der Waals surface area (Å²) in [5, 5.41) is 3.94. The summed E-state index contributed by atoms with van der Waals surface area (Å²) in [6, 6.07) is 5.96. The first kappa shape index (κ1) is 10.2. The predicted octanol–water partition coefficient (Wildman–Crippen LogP) is 2.42. The molecule has 0 aliphatic heterocycles. The van der Waals surface area contributed by atoms with Gasteiger partial charge in [0.2, 0.25) is 5.88 Å². The number of aryl methyl sites for hydroxylation is 2. The van der Waals surface area contributed by atoms with Gasteiger partial charge in [-0.1, -0.05) is 5.16 Å². The van der Waals surface area contributed by atoms with E-state index in [1.165, 1.54) is 17.5 Å². The van der Waals surface area contributed by atoms with Gasteiger partial charge in [0.15, 0.2) is 0 Å². The summed E-state index contributed by atoms with van der Waals surface area (Å²) in [6.07, 6.45) is 3.47. The third-order valence-electron chi connectivity index (χ3n) is 3.22. The van der Waals surface area contributed by atoms with Crippen molar-refractivity contribution in [1.82, 2.24) is 5.16 Å². The molecule has 1 heterocycles. The number of hydrogen-bond donors (Lipinski definition) is 1. The first-order valence-electron chi connectivity index (χ1n) is 5.70. The van der Waals surface area contributed by atoms with Crippen LogP contribution in [0.15, 0.2) is 22.7 Å². The van der Waals surface area contributed by atoms with Gasteiger partial charge in [-0.25, -0.2) is 0 Å². The van der Waals surface area contributed by atoms with Crippen LogP contribution in [0, 0.1) is 0 Å². The Morgan fingerprint density at radius 3 is 2.65 bits per heavy atom. The Labute approximate surface area is 99.4 Å². The molecule has 4 nitrogen and oxygen atoms in total. The number of anilines is 1. The second kappa shape index (κ2) is 3.80. The molecule has 0 spiro atoms. The monoisotopic (exact) mass is 230 g/mol. The maximum Gasteiger partial charge on any atom is 0.222 e. The first-order valence-corrected chi connectivity index (χ1v) is 5.70. The van der Waals surface area contributed by atoms with Crippen molar-refractivity contribution < 1.29 is 9.26 Å². The molecule has 1 aliphatic rings. The summed E-state index contributed by atoms with van der Waals surface area (Å²) in [4.78, 5) is 0. The zero-order chi connectivity index (χ0) is 11.8. The number of hydrogen-bond acceptors (Lipinski definition) is 4. The van der Waals surface area contributed by atoms with Crippen molar-refractivity contribution in [2.24, 2.45) is 0 Å². The van der Waals surface area contributed by atoms with Crippen LogP contribution >= 0.6 is 0 Å². The van der Waals surface area contributed by atoms with Crippen LogP contribution in [0.4, 0.5) is 5.88 Å². The van der Waals surface area contributed by atoms with E-state index >= 15 is 0 Å². The molecule has 0 unspecified atom stereocenters. The normalized spacial score (nSPS) is 13.7. The number of benzene rings is 1. The Morgan fingerprint density at radius 1 is 1.24 bits per heavy atom. The lowest BCUT2D eigenvalue weighted by Gasteiger charge is -2.09. The van der Waals surface area contributed by atoms with Crippen molar-refractivity contribution in [2.45, 2.75) is 19.3 Å². The number of methoxy groups -OCH3 is 1. The molecule has 3 rings (SSSR count). The Bertz CT molecular complexity index is 561. The van der Waals surface area contributed by atoms with Crippen molar-refractivity contribution in [2.75, 3.05) is 12.8 Å². The van der Waals surface area contributed by atoms with E-state index in [-0.39, 0.29) is 0 Å². The Kier molecular flexibility index (Phi) is 2.28. The highest BCUT2D eigenvalue weighted by molar-refractivity contribution is 5.70. The second-order valence-corrected chi connectivity index (χ2v) is 4.29. The van der Waals surface area contributed by atoms with Crippen LogP contribution in [-0.2, 0) is 12.8 Å². The highest BCUT2D eigenvalue weighted by Crippen LogP contribution is 2.36. The number of fused-ring (bicyclic) bond motifs is 1. The van der Waals surface area contributed by atoms with Crippen LogP contribution in [0.2, 0.25) is 0 Å². The fourth-order valence-electron chi connectivity index (χ4n) is 2.39. The minimum atomic E-state index is 0.322. The van der Waals surface area contributed by atoms with Gasteiger partial charge in [0.25, 0.3) is 0 Å². The van der Waals surface area contributed by atoms with Crippen molar-refractivity contribution >= 4 is 5.88 Å². The lowest BCUT2D eigenvalue weighted by atomic mass is 10.0. The maximum atomic E-state index is 5.55. The van der Waals surface area contributed by atoms with Crippen LogP contribution < -0.4 is 10.5 Å². The van der Waals surface area contributed by atoms with Crippen LogP contribution in [0.5, 0.6) is 5.75 Å². The smallest absolute Gasteiger partial charge is 0.222 e. The van der Waals surface area contributed by atoms with Gasteiger partial charge in [0.05, 0.1) is 7.11 Å². The third kappa shape index (κ3) is 1.65. The molecule has 0 amide bonds. The SMILES string of the molecule is COc1cc2c(cc1-c1cc(N)on1)CCC2. The summed E-state index contributed by atoms with van der Waals surface area (Å²) in [5.41, 5.74) is 9.99. The number of ether oxygens (including phenoxy) is 1. The summed E-state index contributed by atoms with van der Waals surface area (Å²) in [5.74, 6) is 1.15. The van der Waals surface area contributed by atoms with E-state index in [1.54, 1.807) is 13.2 Å². The molecule has 0 fully saturated rings. The molecule has 1 aliphatic carbocycles. The number of nitrogens with zero attached hydrogens (tertiary/aromatic N) is 1. The summed E-state index contributed by atoms with van der Waals surface area (Å²) >= 11 is 0. The van der Waals surface area contributed by atoms with Gasteiger partial charge in [-0.15, -0.1) is 0 Å². The van der Waals surface area contributed by atoms with Crippen molar-refractivity contribution in [3.05, 3.63) is 29.3 Å². The molecule has 0 saturated heterocycles. The van der Waals surface area contributed by atoms with E-state index in [9.17, 15) is 0 Å². The molecule has 2 N–H and O–H groups in total. The summed E-state index contributed by atoms with van der Waals surface area (Å²) in [7, 11) is 1.67. The Morgan fingerprint density at radius 2 is 2.00 bits per heavy atom. The molecule has 1 aromatic heterocycles. The lowest BCUT2D eigenvalue weighted by Crippen LogP contribution is -1.92. The van der Waals surface area contributed by atoms with Crippen molar-refractivity contribution in [3.63, 3.8) is 0 Å². The van der Waals surface area contributed by atoms with E-state index < -0.39 is 0 Å². The van der Waals surface area contributed by atoms with Crippen molar-refractivity contribution in [1.29, 1.82) is 0 Å². The van der Waals surface area contributed by atoms with E-state index in [0.717, 1.165) is 29.8 Å². The second-order valence-electron chi connectivity index (χ2n) is 4.29. The molecular weight excluding hydrogens is 216 g/mol. The van der Waals surface area contributed by atoms with E-state index in [4.69, 9.17) is 15.0 Å². The maximum absolute atomic E-state index is 5.55. The standard InChI is InChI=1S/C13H14N2O2/c1-16-12-6-9-4-2-3-8(9)5-10(12)11-7-13(14)17-15-11/h5-7H,2-4,14H2,1H3. The predicted molar refractivity (Wildman–Crippen MR) is 64.9 cm³/mol. The van der Waals surface area contributed by atoms with Gasteiger partial charge >= 0.3 is 0 Å². The van der Waals surface area contributed by atoms with Crippen LogP contribution in [0.3, 0.4) is 0 Å². The topological polar surface area (TPSA) is 61.3 Å². The molecule has 17 heavy (non-hydrogen) atoms. The van der Waals surface area contributed by atoms with Gasteiger partial charge in [-0.2, -0.15) is 0 Å². The molecule has 0 saturated carbocycles. The highest BCUT2D eigenvalue weighted by atomic mass is 16.5. The zero-order valence-electron chi connectivity index (χ0n) is 9.69. The van der Waals surface area contributed by atoms with E-state index in [1.807, 2.05) is 0 Å². The Balaban J connectivity index is 2.15. The first-order chi connectivity index (χ1) is 8.28. The van der Waals surface area contributed by atoms with Gasteiger partial charge < -0.3 is 15.0 Å². The highest BCUT2D eigenvalue weighted by Gasteiger charge is 2.17. The van der Waals surface area contributed by atoms with E-state index in [2.05, 4.69) is 17.3 Å². The molecule has 0 bridgehead atoms. The molecule has 1 aromatic carbocycles. The number of rotatable bonds is 2. The van der Waals surface area contributed by atoms with Gasteiger partial charge in [0, 0.05) is 11.6 Å². The molecule has 0 radical (unpaired) electrons. The average molecular weight is 230 g/mol. The fraction of sp³-hybridized carbons (Fsp3) is 0.308. The van der Waals surface area contributed by atoms with Crippen LogP contribution in [0.25, 0.3) is 11.3 Å². The summed E-state index contributed by atoms with van der Waals surface area (Å²) < 4.78 is 10.3. The van der Waals surface area contributed by atoms with Gasteiger partial charge in [0.1, 0.15) is 11.4 Å². The lowest BCUT2D eigenvalue weighted by molar-refractivity contribution is 0.413. The Hall–Kier alpha value is -1.97. The number of nitrogen functional groups attached to an aromatic ring is 1. The molecule has 88 valence electrons. The van der Waals surface area contributed by atoms with Crippen LogP contribution in [0.1, 0.15) is 17.5 Å². The van der Waals surface area contributed by atoms with Crippen molar-refractivity contribution in [3.8, 4) is 17.0 Å². The number of nitrogens with two attached hydrogens (primary N) is 1. The van der Waals surface area contributed by atoms with Gasteiger partial charge in [-0.3, -0.25) is 0 Å². The quantitative estimate of drug-likeness (QED) is 0.860. The molecular formula is C13H14N2O2. The summed E-state index contributed by atoms with van der Waals surface area (Å²) in [6.45, 7) is 0. The largest absolute Gasteiger partial charge is 0.496 e. The molecule has 4 heteroatoms. The molecule has 0 atom stereocenters. The van der Waals surface area contributed by atoms with Crippen LogP contribution in [-0.4, -0.2) is 12.3 Å². The minimum absolute atomic E-state index is 0.322. The molecule has 2 aromatic rings. The van der Waals surface area contributed by atoms with Gasteiger partial charge in [-0.05, 0) is 42.5 Å². The fourth-order valence-corrected chi connectivity index (χ4v) is 2.39. The minimum Gasteiger partial charge on any atom is -0.496 e. The number of aromatic nitrogens is 1. The average Bonchev–Trinajstić information content (AvgIpc) is 2.94. The van der Waals surface area contributed by atoms with E-state index in [0.29, 0.717) is 5.88 Å². The zero-order valence-corrected chi connectivity index (χ0v) is 9.69.